The number of ether oxygens (including phenoxy) is 2. The van der Waals surface area contributed by atoms with E-state index in [0.29, 0.717) is 69.3 Å². The van der Waals surface area contributed by atoms with Gasteiger partial charge < -0.3 is 29.8 Å². The summed E-state index contributed by atoms with van der Waals surface area (Å²) in [6.07, 6.45) is 15.1. The molecule has 3 aliphatic heterocycles. The van der Waals surface area contributed by atoms with Gasteiger partial charge in [-0.25, -0.2) is 4.98 Å². The highest BCUT2D eigenvalue weighted by molar-refractivity contribution is 7.98. The number of hydrogen-bond donors (Lipinski definition) is 4. The molecule has 2 aromatic heterocycles. The molecule has 1 spiro atoms. The Labute approximate surface area is 380 Å². The summed E-state index contributed by atoms with van der Waals surface area (Å²) in [4.78, 5) is 39.7. The normalized spacial score (nSPS) is 24.5. The minimum absolute atomic E-state index is 0.100. The van der Waals surface area contributed by atoms with Gasteiger partial charge >= 0.3 is 0 Å². The maximum Gasteiger partial charge on any atom is 0.265 e. The van der Waals surface area contributed by atoms with E-state index in [9.17, 15) is 14.8 Å². The van der Waals surface area contributed by atoms with Crippen molar-refractivity contribution in [1.29, 1.82) is 0 Å². The van der Waals surface area contributed by atoms with Gasteiger partial charge in [-0.3, -0.25) is 14.4 Å². The Hall–Kier alpha value is -5.11. The maximum absolute atomic E-state index is 14.0. The summed E-state index contributed by atoms with van der Waals surface area (Å²) in [7, 11) is 0. The largest absolute Gasteiger partial charge is 0.484 e. The SMILES string of the molecule is CC(C)c1ccccc1[C@H]1CCCN1C1CC2(CCN(c3ccc(C(=O)NSc4cc(N=O)c5c(c4)NC[C@H](C[C@H]4CC[C@](C)(O)CC4)O5)c(Oc4cnc5[nH]ccc5c4)c3)CC2)C1. The molecule has 2 atom stereocenters. The third kappa shape index (κ3) is 8.83. The van der Waals surface area contributed by atoms with E-state index in [1.165, 1.54) is 43.4 Å². The van der Waals surface area contributed by atoms with Crippen molar-refractivity contribution in [2.75, 3.05) is 36.4 Å². The first kappa shape index (κ1) is 42.8. The highest BCUT2D eigenvalue weighted by atomic mass is 32.2. The van der Waals surface area contributed by atoms with Crippen LogP contribution in [0.4, 0.5) is 17.1 Å². The number of carbonyl (C=O) groups is 1. The Bertz CT molecular complexity index is 2500. The number of nitroso groups, excluding NO2 is 1. The number of anilines is 2. The van der Waals surface area contributed by atoms with Crippen LogP contribution in [-0.2, 0) is 0 Å². The fraction of sp³-hybridized carbons (Fsp3) is 0.490. The zero-order valence-electron chi connectivity index (χ0n) is 37.3. The zero-order valence-corrected chi connectivity index (χ0v) is 38.1. The van der Waals surface area contributed by atoms with Crippen molar-refractivity contribution in [3.63, 3.8) is 0 Å². The molecule has 64 heavy (non-hydrogen) atoms. The molecule has 2 aliphatic carbocycles. The number of hydrogen-bond acceptors (Lipinski definition) is 11. The first-order valence-electron chi connectivity index (χ1n) is 23.5. The molecule has 0 bridgehead atoms. The Morgan fingerprint density at radius 2 is 1.84 bits per heavy atom. The molecule has 3 aromatic carbocycles. The number of rotatable bonds is 12. The van der Waals surface area contributed by atoms with E-state index in [4.69, 9.17) is 9.47 Å². The number of piperidine rings is 1. The first-order chi connectivity index (χ1) is 31.0. The number of fused-ring (bicyclic) bond motifs is 2. The van der Waals surface area contributed by atoms with Crippen LogP contribution in [0, 0.1) is 16.2 Å². The molecule has 4 fully saturated rings. The molecule has 1 amide bonds. The highest BCUT2D eigenvalue weighted by Gasteiger charge is 2.50. The topological polar surface area (TPSA) is 144 Å². The first-order valence-corrected chi connectivity index (χ1v) is 24.3. The van der Waals surface area contributed by atoms with Gasteiger partial charge in [0.1, 0.15) is 23.3 Å². The molecule has 336 valence electrons. The summed E-state index contributed by atoms with van der Waals surface area (Å²) in [6.45, 7) is 10.2. The number of H-pyrrole nitrogens is 1. The standard InChI is InChI=1S/C51H61N7O5S/c1-32(2)40-7-4-5-8-41(40)45-9-6-20-58(45)36-28-51(29-36)17-21-57(22-18-51)35-10-11-42(46(25-35)62-38-24-34-14-19-52-48(34)54-31-38)49(59)56-64-39-26-43-47(44(27-39)55-61)63-37(30-53-43)23-33-12-15-50(3,60)16-13-33/h4-5,7-8,10-11,14,19,24-27,31-33,36-37,45,53,60H,6,9,12-13,15-18,20-23,28-30H2,1-3H3,(H,52,54)(H,56,59)/t33-,37-,45+,50-/m0/s1. The zero-order chi connectivity index (χ0) is 44.0. The number of nitrogens with one attached hydrogen (secondary N) is 3. The summed E-state index contributed by atoms with van der Waals surface area (Å²) < 4.78 is 15.9. The highest BCUT2D eigenvalue weighted by Crippen LogP contribution is 2.54. The van der Waals surface area contributed by atoms with Crippen LogP contribution in [0.5, 0.6) is 17.2 Å². The van der Waals surface area contributed by atoms with Crippen LogP contribution >= 0.6 is 11.9 Å². The van der Waals surface area contributed by atoms with Gasteiger partial charge in [0, 0.05) is 53.4 Å². The molecule has 0 unspecified atom stereocenters. The lowest BCUT2D eigenvalue weighted by Crippen LogP contribution is -2.54. The van der Waals surface area contributed by atoms with Crippen LogP contribution in [0.2, 0.25) is 0 Å². The minimum atomic E-state index is -0.586. The van der Waals surface area contributed by atoms with Gasteiger partial charge in [-0.2, -0.15) is 0 Å². The molecule has 13 heteroatoms. The van der Waals surface area contributed by atoms with Crippen LogP contribution < -0.4 is 24.4 Å². The van der Waals surface area contributed by atoms with Crippen molar-refractivity contribution in [3.05, 3.63) is 101 Å². The van der Waals surface area contributed by atoms with Crippen molar-refractivity contribution < 1.29 is 19.4 Å². The summed E-state index contributed by atoms with van der Waals surface area (Å²) in [5.41, 5.74) is 5.88. The number of benzene rings is 3. The summed E-state index contributed by atoms with van der Waals surface area (Å²) in [6, 6.07) is 23.6. The number of nitrogens with zero attached hydrogens (tertiary/aromatic N) is 4. The van der Waals surface area contributed by atoms with Gasteiger partial charge in [-0.05, 0) is 166 Å². The van der Waals surface area contributed by atoms with E-state index >= 15 is 0 Å². The quantitative estimate of drug-likeness (QED) is 0.0706. The molecule has 5 aliphatic rings. The van der Waals surface area contributed by atoms with Crippen LogP contribution in [0.15, 0.2) is 89.2 Å². The number of amides is 1. The Morgan fingerprint density at radius 1 is 1.03 bits per heavy atom. The van der Waals surface area contributed by atoms with Gasteiger partial charge in [0.2, 0.25) is 0 Å². The summed E-state index contributed by atoms with van der Waals surface area (Å²) >= 11 is 1.12. The molecular weight excluding hydrogens is 823 g/mol. The molecule has 10 rings (SSSR count). The lowest BCUT2D eigenvalue weighted by molar-refractivity contribution is -0.0227. The van der Waals surface area contributed by atoms with Gasteiger partial charge in [0.15, 0.2) is 11.4 Å². The molecule has 4 N–H and O–H groups in total. The second-order valence-corrected chi connectivity index (χ2v) is 20.7. The number of likely N-dealkylation sites (tertiary alicyclic amines) is 1. The number of aromatic nitrogens is 2. The van der Waals surface area contributed by atoms with Crippen molar-refractivity contribution in [1.82, 2.24) is 19.6 Å². The number of carbonyl (C=O) groups excluding carboxylic acids is 1. The van der Waals surface area contributed by atoms with Crippen molar-refractivity contribution >= 4 is 46.0 Å². The smallest absolute Gasteiger partial charge is 0.265 e. The minimum Gasteiger partial charge on any atom is -0.484 e. The number of pyridine rings is 1. The van der Waals surface area contributed by atoms with Crippen LogP contribution in [0.3, 0.4) is 0 Å². The molecule has 5 aromatic rings. The average Bonchev–Trinajstić information content (AvgIpc) is 3.98. The predicted molar refractivity (Wildman–Crippen MR) is 254 cm³/mol. The van der Waals surface area contributed by atoms with Crippen LogP contribution in [0.1, 0.15) is 125 Å². The Morgan fingerprint density at radius 3 is 2.64 bits per heavy atom. The monoisotopic (exact) mass is 883 g/mol. The Kier molecular flexibility index (Phi) is 11.8. The van der Waals surface area contributed by atoms with Gasteiger partial charge in [0.05, 0.1) is 29.6 Å². The fourth-order valence-corrected chi connectivity index (χ4v) is 12.1. The summed E-state index contributed by atoms with van der Waals surface area (Å²) in [5, 5.41) is 18.1. The van der Waals surface area contributed by atoms with Gasteiger partial charge in [-0.1, -0.05) is 38.1 Å². The fourth-order valence-electron chi connectivity index (χ4n) is 11.4. The number of aliphatic hydroxyl groups is 1. The van der Waals surface area contributed by atoms with Crippen molar-refractivity contribution in [2.24, 2.45) is 16.5 Å². The van der Waals surface area contributed by atoms with E-state index in [2.05, 4.69) is 73.1 Å². The molecule has 2 saturated carbocycles. The second-order valence-electron chi connectivity index (χ2n) is 19.8. The van der Waals surface area contributed by atoms with Gasteiger partial charge in [0.25, 0.3) is 5.91 Å². The third-order valence-electron chi connectivity index (χ3n) is 15.1. The third-order valence-corrected chi connectivity index (χ3v) is 15.8. The van der Waals surface area contributed by atoms with E-state index in [1.807, 2.05) is 49.5 Å². The molecular formula is C51H61N7O5S. The van der Waals surface area contributed by atoms with E-state index in [0.717, 1.165) is 86.7 Å². The van der Waals surface area contributed by atoms with Gasteiger partial charge in [-0.15, -0.1) is 4.91 Å². The summed E-state index contributed by atoms with van der Waals surface area (Å²) in [5.74, 6) is 2.08. The maximum atomic E-state index is 14.0. The van der Waals surface area contributed by atoms with Crippen LogP contribution in [-0.4, -0.2) is 69.8 Å². The lowest BCUT2D eigenvalue weighted by atomic mass is 9.59. The molecule has 0 radical (unpaired) electrons. The predicted octanol–water partition coefficient (Wildman–Crippen LogP) is 11.4. The van der Waals surface area contributed by atoms with E-state index < -0.39 is 5.60 Å². The molecule has 2 saturated heterocycles. The van der Waals surface area contributed by atoms with Crippen molar-refractivity contribution in [3.8, 4) is 17.2 Å². The van der Waals surface area contributed by atoms with Crippen LogP contribution in [0.25, 0.3) is 11.0 Å². The molecule has 12 nitrogen and oxygen atoms in total. The van der Waals surface area contributed by atoms with Crippen molar-refractivity contribution in [2.45, 2.75) is 126 Å². The number of aromatic amines is 1. The second kappa shape index (κ2) is 17.7. The van der Waals surface area contributed by atoms with E-state index in [1.54, 1.807) is 12.3 Å². The van der Waals surface area contributed by atoms with E-state index in [-0.39, 0.29) is 17.7 Å². The molecule has 5 heterocycles. The Balaban J connectivity index is 0.807. The lowest BCUT2D eigenvalue weighted by Gasteiger charge is -2.56. The average molecular weight is 884 g/mol.